The predicted molar refractivity (Wildman–Crippen MR) is 41.2 cm³/mol. The summed E-state index contributed by atoms with van der Waals surface area (Å²) in [5.41, 5.74) is 0. The summed E-state index contributed by atoms with van der Waals surface area (Å²) in [5.74, 6) is -2.76. The van der Waals surface area contributed by atoms with Gasteiger partial charge in [0.15, 0.2) is 0 Å². The number of nitrogens with two attached hydrogens (primary N) is 1. The van der Waals surface area contributed by atoms with Crippen molar-refractivity contribution in [2.45, 2.75) is 25.3 Å². The Labute approximate surface area is 76.2 Å². The van der Waals surface area contributed by atoms with Gasteiger partial charge in [-0.2, -0.15) is 18.3 Å². The van der Waals surface area contributed by atoms with Crippen molar-refractivity contribution in [2.24, 2.45) is 5.14 Å². The van der Waals surface area contributed by atoms with Crippen LogP contribution in [-0.4, -0.2) is 27.1 Å². The van der Waals surface area contributed by atoms with Crippen molar-refractivity contribution in [1.29, 1.82) is 0 Å². The summed E-state index contributed by atoms with van der Waals surface area (Å²) in [6, 6.07) is 0. The summed E-state index contributed by atoms with van der Waals surface area (Å²) in [4.78, 5) is 8.90. The lowest BCUT2D eigenvalue weighted by molar-refractivity contribution is -0.192. The molecule has 0 rings (SSSR count). The Bertz CT molecular complexity index is 154. The Morgan fingerprint density at radius 1 is 1.54 bits per heavy atom. The SMILES string of the molecule is CC(C)[S+](N)[O-].O=C(O)C(F)(F)F. The van der Waals surface area contributed by atoms with E-state index in [9.17, 15) is 17.7 Å². The first-order chi connectivity index (χ1) is 5.59. The van der Waals surface area contributed by atoms with Crippen molar-refractivity contribution in [3.05, 3.63) is 0 Å². The van der Waals surface area contributed by atoms with Crippen molar-refractivity contribution in [3.8, 4) is 0 Å². The van der Waals surface area contributed by atoms with Crippen LogP contribution >= 0.6 is 0 Å². The van der Waals surface area contributed by atoms with Gasteiger partial charge in [0.05, 0.1) is 0 Å². The lowest BCUT2D eigenvalue weighted by Gasteiger charge is -2.04. The second-order valence-corrected chi connectivity index (χ2v) is 3.78. The summed E-state index contributed by atoms with van der Waals surface area (Å²) >= 11 is -1.12. The first kappa shape index (κ1) is 15.0. The second-order valence-electron chi connectivity index (χ2n) is 2.18. The van der Waals surface area contributed by atoms with Crippen LogP contribution < -0.4 is 5.14 Å². The molecule has 0 fully saturated rings. The minimum Gasteiger partial charge on any atom is -0.598 e. The quantitative estimate of drug-likeness (QED) is 0.636. The first-order valence-corrected chi connectivity index (χ1v) is 4.31. The monoisotopic (exact) mass is 221 g/mol. The van der Waals surface area contributed by atoms with Gasteiger partial charge in [-0.25, -0.2) is 4.79 Å². The second kappa shape index (κ2) is 6.06. The normalized spacial score (nSPS) is 13.2. The Hall–Kier alpha value is -0.470. The molecule has 1 unspecified atom stereocenters. The lowest BCUT2D eigenvalue weighted by atomic mass is 10.6. The molecule has 0 aromatic rings. The minimum absolute atomic E-state index is 0.102. The molecule has 4 nitrogen and oxygen atoms in total. The van der Waals surface area contributed by atoms with Gasteiger partial charge in [0.1, 0.15) is 5.25 Å². The lowest BCUT2D eigenvalue weighted by Crippen LogP contribution is -2.22. The first-order valence-electron chi connectivity index (χ1n) is 3.04. The smallest absolute Gasteiger partial charge is 0.490 e. The molecule has 0 aliphatic carbocycles. The van der Waals surface area contributed by atoms with Gasteiger partial charge in [0.2, 0.25) is 0 Å². The number of hydrogen-bond acceptors (Lipinski definition) is 3. The molecule has 0 aliphatic rings. The summed E-state index contributed by atoms with van der Waals surface area (Å²) in [7, 11) is 0. The van der Waals surface area contributed by atoms with E-state index >= 15 is 0 Å². The fourth-order valence-electron chi connectivity index (χ4n) is 0. The van der Waals surface area contributed by atoms with Gasteiger partial charge in [0, 0.05) is 11.4 Å². The van der Waals surface area contributed by atoms with Gasteiger partial charge in [-0.05, 0) is 13.8 Å². The maximum atomic E-state index is 10.6. The van der Waals surface area contributed by atoms with Crippen molar-refractivity contribution in [2.75, 3.05) is 0 Å². The van der Waals surface area contributed by atoms with E-state index in [0.29, 0.717) is 0 Å². The summed E-state index contributed by atoms with van der Waals surface area (Å²) in [5, 5.41) is 12.1. The Balaban J connectivity index is 0. The van der Waals surface area contributed by atoms with Crippen LogP contribution in [-0.2, 0) is 16.2 Å². The van der Waals surface area contributed by atoms with Crippen molar-refractivity contribution in [1.82, 2.24) is 0 Å². The van der Waals surface area contributed by atoms with Crippen LogP contribution in [0, 0.1) is 0 Å². The number of halogens is 3. The topological polar surface area (TPSA) is 86.4 Å². The van der Waals surface area contributed by atoms with E-state index in [1.54, 1.807) is 0 Å². The van der Waals surface area contributed by atoms with E-state index in [1.807, 2.05) is 13.8 Å². The van der Waals surface area contributed by atoms with Gasteiger partial charge in [-0.1, -0.05) is 0 Å². The van der Waals surface area contributed by atoms with E-state index in [-0.39, 0.29) is 5.25 Å². The maximum Gasteiger partial charge on any atom is 0.490 e. The summed E-state index contributed by atoms with van der Waals surface area (Å²) in [6.07, 6.45) is -5.08. The molecule has 0 amide bonds. The predicted octanol–water partition coefficient (Wildman–Crippen LogP) is 0.651. The third kappa shape index (κ3) is 11.5. The number of aliphatic carboxylic acids is 1. The largest absolute Gasteiger partial charge is 0.598 e. The molecule has 0 radical (unpaired) electrons. The fraction of sp³-hybridized carbons (Fsp3) is 0.800. The van der Waals surface area contributed by atoms with Crippen LogP contribution in [0.4, 0.5) is 13.2 Å². The molecular formula is C5H10F3NO3S. The molecule has 0 spiro atoms. The minimum atomic E-state index is -5.08. The third-order valence-electron chi connectivity index (χ3n) is 0.707. The molecule has 0 aromatic heterocycles. The molecule has 0 heterocycles. The zero-order chi connectivity index (χ0) is 11.2. The van der Waals surface area contributed by atoms with Gasteiger partial charge in [0.25, 0.3) is 0 Å². The van der Waals surface area contributed by atoms with Crippen molar-refractivity contribution >= 4 is 17.3 Å². The van der Waals surface area contributed by atoms with Crippen LogP contribution in [0.5, 0.6) is 0 Å². The third-order valence-corrected chi connectivity index (χ3v) is 1.64. The molecule has 8 heteroatoms. The Kier molecular flexibility index (Phi) is 7.00. The van der Waals surface area contributed by atoms with Crippen molar-refractivity contribution in [3.63, 3.8) is 0 Å². The molecule has 0 saturated carbocycles. The fourth-order valence-corrected chi connectivity index (χ4v) is 0. The molecule has 0 aliphatic heterocycles. The van der Waals surface area contributed by atoms with Crippen LogP contribution in [0.3, 0.4) is 0 Å². The van der Waals surface area contributed by atoms with E-state index in [1.165, 1.54) is 0 Å². The van der Waals surface area contributed by atoms with Gasteiger partial charge < -0.3 is 9.66 Å². The summed E-state index contributed by atoms with van der Waals surface area (Å²) in [6.45, 7) is 3.63. The standard InChI is InChI=1S/C3H9NOS.C2HF3O2/c1-3(2)6(4)5;3-2(4,5)1(6)7/h3H,4H2,1-2H3;(H,6,7). The molecule has 0 aromatic carbocycles. The average Bonchev–Trinajstić information content (AvgIpc) is 1.86. The zero-order valence-electron chi connectivity index (χ0n) is 6.96. The van der Waals surface area contributed by atoms with Gasteiger partial charge in [-0.15, -0.1) is 0 Å². The van der Waals surface area contributed by atoms with Gasteiger partial charge >= 0.3 is 12.1 Å². The maximum absolute atomic E-state index is 10.6. The highest BCUT2D eigenvalue weighted by Gasteiger charge is 2.38. The highest BCUT2D eigenvalue weighted by Crippen LogP contribution is 2.13. The Morgan fingerprint density at radius 3 is 1.69 bits per heavy atom. The molecule has 3 N–H and O–H groups in total. The highest BCUT2D eigenvalue weighted by molar-refractivity contribution is 7.89. The average molecular weight is 221 g/mol. The number of carboxylic acids is 1. The van der Waals surface area contributed by atoms with E-state index in [0.717, 1.165) is 0 Å². The van der Waals surface area contributed by atoms with Gasteiger partial charge in [-0.3, -0.25) is 0 Å². The number of hydrogen-bond donors (Lipinski definition) is 2. The summed E-state index contributed by atoms with van der Waals surface area (Å²) < 4.78 is 41.8. The number of alkyl halides is 3. The number of carbonyl (C=O) groups is 1. The van der Waals surface area contributed by atoms with Crippen LogP contribution in [0.1, 0.15) is 13.8 Å². The van der Waals surface area contributed by atoms with Crippen LogP contribution in [0.25, 0.3) is 0 Å². The molecule has 0 saturated heterocycles. The molecule has 0 bridgehead atoms. The van der Waals surface area contributed by atoms with E-state index < -0.39 is 23.5 Å². The number of rotatable bonds is 1. The van der Waals surface area contributed by atoms with Crippen molar-refractivity contribution < 1.29 is 27.6 Å². The number of carboxylic acid groups (broad SMARTS) is 1. The van der Waals surface area contributed by atoms with Crippen LogP contribution in [0.15, 0.2) is 0 Å². The van der Waals surface area contributed by atoms with E-state index in [4.69, 9.17) is 15.0 Å². The zero-order valence-corrected chi connectivity index (χ0v) is 7.78. The van der Waals surface area contributed by atoms with E-state index in [2.05, 4.69) is 0 Å². The molecular weight excluding hydrogens is 211 g/mol. The Morgan fingerprint density at radius 2 is 1.69 bits per heavy atom. The molecule has 1 atom stereocenters. The highest BCUT2D eigenvalue weighted by atomic mass is 32.2. The van der Waals surface area contributed by atoms with Crippen LogP contribution in [0.2, 0.25) is 0 Å². The molecule has 13 heavy (non-hydrogen) atoms. The molecule has 80 valence electrons.